The van der Waals surface area contributed by atoms with E-state index in [-0.39, 0.29) is 11.5 Å². The molecule has 1 aliphatic rings. The first-order valence-corrected chi connectivity index (χ1v) is 8.05. The van der Waals surface area contributed by atoms with Crippen LogP contribution in [0.2, 0.25) is 0 Å². The summed E-state index contributed by atoms with van der Waals surface area (Å²) in [6, 6.07) is -1.88. The van der Waals surface area contributed by atoms with Gasteiger partial charge in [0, 0.05) is 13.1 Å². The Kier molecular flexibility index (Phi) is 5.16. The van der Waals surface area contributed by atoms with Crippen LogP contribution in [-0.4, -0.2) is 61.1 Å². The zero-order chi connectivity index (χ0) is 14.6. The Morgan fingerprint density at radius 2 is 2.11 bits per heavy atom. The zero-order valence-electron chi connectivity index (χ0n) is 11.1. The third kappa shape index (κ3) is 4.38. The lowest BCUT2D eigenvalue weighted by Crippen LogP contribution is -2.52. The van der Waals surface area contributed by atoms with Crippen molar-refractivity contribution in [3.05, 3.63) is 0 Å². The van der Waals surface area contributed by atoms with Crippen molar-refractivity contribution in [2.75, 3.05) is 18.6 Å². The van der Waals surface area contributed by atoms with Gasteiger partial charge in [0.15, 0.2) is 9.84 Å². The molecule has 1 heterocycles. The van der Waals surface area contributed by atoms with E-state index in [1.54, 1.807) is 6.92 Å². The number of likely N-dealkylation sites (N-methyl/N-ethyl adjacent to an activating group) is 1. The number of hydrogen-bond donors (Lipinski definition) is 2. The molecule has 1 rings (SSSR count). The molecular weight excluding hydrogens is 272 g/mol. The lowest BCUT2D eigenvalue weighted by Gasteiger charge is -2.28. The number of carboxylic acid groups (broad SMARTS) is 1. The van der Waals surface area contributed by atoms with Gasteiger partial charge in [0.1, 0.15) is 6.04 Å². The molecule has 0 bridgehead atoms. The van der Waals surface area contributed by atoms with Gasteiger partial charge in [0.25, 0.3) is 0 Å². The van der Waals surface area contributed by atoms with E-state index in [4.69, 9.17) is 5.11 Å². The number of carbonyl (C=O) groups excluding carboxylic acids is 1. The van der Waals surface area contributed by atoms with E-state index >= 15 is 0 Å². The van der Waals surface area contributed by atoms with Crippen LogP contribution in [0.25, 0.3) is 0 Å². The number of nitrogens with one attached hydrogen (secondary N) is 1. The van der Waals surface area contributed by atoms with Gasteiger partial charge >= 0.3 is 12.0 Å². The molecule has 0 aliphatic carbocycles. The second-order valence-corrected chi connectivity index (χ2v) is 7.00. The van der Waals surface area contributed by atoms with Crippen molar-refractivity contribution in [3.63, 3.8) is 0 Å². The maximum absolute atomic E-state index is 11.9. The predicted molar refractivity (Wildman–Crippen MR) is 69.7 cm³/mol. The highest BCUT2D eigenvalue weighted by Gasteiger charge is 2.29. The van der Waals surface area contributed by atoms with Crippen LogP contribution in [0.5, 0.6) is 0 Å². The number of urea groups is 1. The first kappa shape index (κ1) is 15.7. The Bertz CT molecular complexity index is 448. The van der Waals surface area contributed by atoms with Crippen LogP contribution in [0.4, 0.5) is 4.79 Å². The predicted octanol–water partition coefficient (Wildman–Crippen LogP) is 0.0682. The van der Waals surface area contributed by atoms with Crippen LogP contribution < -0.4 is 5.32 Å². The van der Waals surface area contributed by atoms with Crippen LogP contribution in [-0.2, 0) is 14.6 Å². The second-order valence-electron chi connectivity index (χ2n) is 4.78. The van der Waals surface area contributed by atoms with Gasteiger partial charge < -0.3 is 15.3 Å². The van der Waals surface area contributed by atoms with E-state index in [0.29, 0.717) is 19.3 Å². The van der Waals surface area contributed by atoms with Crippen molar-refractivity contribution in [2.24, 2.45) is 0 Å². The van der Waals surface area contributed by atoms with Gasteiger partial charge in [0.05, 0.1) is 11.5 Å². The monoisotopic (exact) mass is 292 g/mol. The largest absolute Gasteiger partial charge is 0.480 e. The van der Waals surface area contributed by atoms with E-state index in [2.05, 4.69) is 5.32 Å². The molecule has 0 aromatic carbocycles. The number of rotatable bonds is 4. The van der Waals surface area contributed by atoms with Gasteiger partial charge in [-0.25, -0.2) is 18.0 Å². The lowest BCUT2D eigenvalue weighted by atomic mass is 10.2. The van der Waals surface area contributed by atoms with Crippen molar-refractivity contribution in [3.8, 4) is 0 Å². The Labute approximate surface area is 112 Å². The summed E-state index contributed by atoms with van der Waals surface area (Å²) in [7, 11) is -1.70. The highest BCUT2D eigenvalue weighted by atomic mass is 32.2. The Morgan fingerprint density at radius 1 is 1.47 bits per heavy atom. The van der Waals surface area contributed by atoms with E-state index < -0.39 is 33.9 Å². The summed E-state index contributed by atoms with van der Waals surface area (Å²) in [5, 5.41) is 11.6. The van der Waals surface area contributed by atoms with Crippen LogP contribution >= 0.6 is 0 Å². The number of nitrogens with zero attached hydrogens (tertiary/aromatic N) is 1. The average molecular weight is 292 g/mol. The molecule has 1 aliphatic heterocycles. The highest BCUT2D eigenvalue weighted by Crippen LogP contribution is 2.13. The molecule has 110 valence electrons. The number of carboxylic acids is 1. The van der Waals surface area contributed by atoms with Crippen LogP contribution in [0.1, 0.15) is 26.2 Å². The topological polar surface area (TPSA) is 104 Å². The first-order chi connectivity index (χ1) is 8.76. The quantitative estimate of drug-likeness (QED) is 0.763. The molecule has 0 radical (unpaired) electrons. The second kappa shape index (κ2) is 6.23. The van der Waals surface area contributed by atoms with E-state index in [1.165, 1.54) is 7.05 Å². The minimum atomic E-state index is -3.09. The fourth-order valence-electron chi connectivity index (χ4n) is 2.17. The smallest absolute Gasteiger partial charge is 0.326 e. The average Bonchev–Trinajstić information content (AvgIpc) is 2.27. The molecule has 8 heteroatoms. The number of carbonyl (C=O) groups is 2. The number of sulfone groups is 1. The fraction of sp³-hybridized carbons (Fsp3) is 0.818. The summed E-state index contributed by atoms with van der Waals surface area (Å²) in [6.45, 7) is 1.67. The minimum Gasteiger partial charge on any atom is -0.480 e. The minimum absolute atomic E-state index is 0.0730. The molecule has 1 saturated heterocycles. The third-order valence-corrected chi connectivity index (χ3v) is 5.07. The highest BCUT2D eigenvalue weighted by molar-refractivity contribution is 7.91. The summed E-state index contributed by atoms with van der Waals surface area (Å²) < 4.78 is 22.9. The van der Waals surface area contributed by atoms with E-state index in [0.717, 1.165) is 4.90 Å². The van der Waals surface area contributed by atoms with Crippen molar-refractivity contribution >= 4 is 21.8 Å². The van der Waals surface area contributed by atoms with Crippen LogP contribution in [0.15, 0.2) is 0 Å². The Hall–Kier alpha value is -1.31. The molecule has 0 aromatic heterocycles. The standard InChI is InChI=1S/C11H20N2O5S/c1-3-9(10(14)15)13(2)11(16)12-8-5-4-6-19(17,18)7-8/h8-9H,3-7H2,1-2H3,(H,12,16)(H,14,15). The zero-order valence-corrected chi connectivity index (χ0v) is 11.9. The molecule has 0 spiro atoms. The molecule has 2 amide bonds. The normalized spacial score (nSPS) is 23.4. The van der Waals surface area contributed by atoms with Crippen molar-refractivity contribution in [1.29, 1.82) is 0 Å². The van der Waals surface area contributed by atoms with Crippen LogP contribution in [0, 0.1) is 0 Å². The molecule has 0 saturated carbocycles. The SMILES string of the molecule is CCC(C(=O)O)N(C)C(=O)NC1CCCS(=O)(=O)C1. The molecule has 0 aromatic rings. The van der Waals surface area contributed by atoms with Crippen molar-refractivity contribution in [2.45, 2.75) is 38.3 Å². The summed E-state index contributed by atoms with van der Waals surface area (Å²) in [5.41, 5.74) is 0. The fourth-order valence-corrected chi connectivity index (χ4v) is 3.81. The Balaban J connectivity index is 2.61. The molecule has 2 N–H and O–H groups in total. The molecule has 1 fully saturated rings. The van der Waals surface area contributed by atoms with E-state index in [9.17, 15) is 18.0 Å². The number of amides is 2. The molecule has 2 unspecified atom stereocenters. The van der Waals surface area contributed by atoms with Crippen molar-refractivity contribution < 1.29 is 23.1 Å². The Morgan fingerprint density at radius 3 is 2.58 bits per heavy atom. The number of hydrogen-bond acceptors (Lipinski definition) is 4. The van der Waals surface area contributed by atoms with Gasteiger partial charge in [-0.2, -0.15) is 0 Å². The summed E-state index contributed by atoms with van der Waals surface area (Å²) in [5.74, 6) is -0.991. The van der Waals surface area contributed by atoms with Gasteiger partial charge in [-0.1, -0.05) is 6.92 Å². The maximum atomic E-state index is 11.9. The summed E-state index contributed by atoms with van der Waals surface area (Å²) in [4.78, 5) is 23.9. The third-order valence-electron chi connectivity index (χ3n) is 3.25. The molecular formula is C11H20N2O5S. The summed E-state index contributed by atoms with van der Waals surface area (Å²) in [6.07, 6.45) is 1.41. The van der Waals surface area contributed by atoms with Gasteiger partial charge in [-0.15, -0.1) is 0 Å². The van der Waals surface area contributed by atoms with Gasteiger partial charge in [-0.3, -0.25) is 0 Å². The van der Waals surface area contributed by atoms with Gasteiger partial charge in [0.2, 0.25) is 0 Å². The molecule has 7 nitrogen and oxygen atoms in total. The first-order valence-electron chi connectivity index (χ1n) is 6.23. The van der Waals surface area contributed by atoms with Crippen molar-refractivity contribution in [1.82, 2.24) is 10.2 Å². The summed E-state index contributed by atoms with van der Waals surface area (Å²) >= 11 is 0. The van der Waals surface area contributed by atoms with Gasteiger partial charge in [-0.05, 0) is 19.3 Å². The lowest BCUT2D eigenvalue weighted by molar-refractivity contribution is -0.141. The van der Waals surface area contributed by atoms with E-state index in [1.807, 2.05) is 0 Å². The number of aliphatic carboxylic acids is 1. The molecule has 2 atom stereocenters. The molecule has 19 heavy (non-hydrogen) atoms. The maximum Gasteiger partial charge on any atom is 0.326 e. The van der Waals surface area contributed by atoms with Crippen LogP contribution in [0.3, 0.4) is 0 Å².